The van der Waals surface area contributed by atoms with Gasteiger partial charge in [-0.25, -0.2) is 14.8 Å². The molecular weight excluding hydrogens is 417 g/mol. The molecule has 0 unspecified atom stereocenters. The van der Waals surface area contributed by atoms with Crippen LogP contribution in [0.5, 0.6) is 5.75 Å². The maximum Gasteiger partial charge on any atom is 0.490 e. The van der Waals surface area contributed by atoms with Gasteiger partial charge in [-0.3, -0.25) is 4.79 Å². The van der Waals surface area contributed by atoms with Gasteiger partial charge in [0.2, 0.25) is 0 Å². The van der Waals surface area contributed by atoms with Gasteiger partial charge in [-0.05, 0) is 57.2 Å². The molecule has 0 aliphatic rings. The van der Waals surface area contributed by atoms with E-state index in [1.165, 1.54) is 6.07 Å². The lowest BCUT2D eigenvalue weighted by Crippen LogP contribution is -2.21. The number of carboxylic acid groups (broad SMARTS) is 1. The summed E-state index contributed by atoms with van der Waals surface area (Å²) in [6, 6.07) is 10.5. The minimum absolute atomic E-state index is 0.0140. The first-order chi connectivity index (χ1) is 14.4. The Balaban J connectivity index is 0.000000423. The largest absolute Gasteiger partial charge is 0.505 e. The quantitative estimate of drug-likeness (QED) is 0.575. The van der Waals surface area contributed by atoms with Crippen molar-refractivity contribution in [3.63, 3.8) is 0 Å². The number of anilines is 1. The molecular formula is C20H19F3N4O4. The van der Waals surface area contributed by atoms with Crippen molar-refractivity contribution in [2.24, 2.45) is 0 Å². The molecule has 3 N–H and O–H groups in total. The van der Waals surface area contributed by atoms with Crippen molar-refractivity contribution in [3.05, 3.63) is 65.5 Å². The van der Waals surface area contributed by atoms with Crippen LogP contribution in [0.15, 0.2) is 42.7 Å². The fraction of sp³-hybridized carbons (Fsp3) is 0.200. The Morgan fingerprint density at radius 1 is 1.03 bits per heavy atom. The molecule has 31 heavy (non-hydrogen) atoms. The molecule has 11 heteroatoms. The number of carbonyl (C=O) groups excluding carboxylic acids is 1. The van der Waals surface area contributed by atoms with Crippen LogP contribution in [0, 0.1) is 20.8 Å². The molecule has 0 saturated heterocycles. The van der Waals surface area contributed by atoms with Gasteiger partial charge in [0, 0.05) is 22.8 Å². The number of aromatic nitrogens is 3. The van der Waals surface area contributed by atoms with Crippen LogP contribution in [-0.2, 0) is 4.79 Å². The lowest BCUT2D eigenvalue weighted by molar-refractivity contribution is -0.192. The van der Waals surface area contributed by atoms with Crippen LogP contribution in [0.3, 0.4) is 0 Å². The monoisotopic (exact) mass is 436 g/mol. The molecule has 0 saturated carbocycles. The molecule has 8 nitrogen and oxygen atoms in total. The number of aromatic hydroxyl groups is 1. The van der Waals surface area contributed by atoms with E-state index in [4.69, 9.17) is 9.90 Å². The molecule has 0 radical (unpaired) electrons. The zero-order valence-electron chi connectivity index (χ0n) is 16.7. The summed E-state index contributed by atoms with van der Waals surface area (Å²) in [6.45, 7) is 5.73. The highest BCUT2D eigenvalue weighted by molar-refractivity contribution is 6.04. The Kier molecular flexibility index (Phi) is 7.00. The van der Waals surface area contributed by atoms with Gasteiger partial charge in [0.15, 0.2) is 5.69 Å². The van der Waals surface area contributed by atoms with Crippen molar-refractivity contribution in [1.82, 2.24) is 14.5 Å². The van der Waals surface area contributed by atoms with Gasteiger partial charge >= 0.3 is 12.1 Å². The van der Waals surface area contributed by atoms with Crippen molar-refractivity contribution in [2.45, 2.75) is 26.9 Å². The van der Waals surface area contributed by atoms with E-state index in [1.54, 1.807) is 31.5 Å². The van der Waals surface area contributed by atoms with Gasteiger partial charge in [0.25, 0.3) is 5.91 Å². The summed E-state index contributed by atoms with van der Waals surface area (Å²) >= 11 is 0. The highest BCUT2D eigenvalue weighted by Crippen LogP contribution is 2.19. The molecule has 2 aromatic heterocycles. The minimum Gasteiger partial charge on any atom is -0.505 e. The number of aliphatic carboxylic acids is 1. The van der Waals surface area contributed by atoms with Crippen LogP contribution in [0.4, 0.5) is 18.9 Å². The number of hydrogen-bond donors (Lipinski definition) is 3. The van der Waals surface area contributed by atoms with Crippen LogP contribution < -0.4 is 5.32 Å². The molecule has 0 aliphatic carbocycles. The summed E-state index contributed by atoms with van der Waals surface area (Å²) in [6.07, 6.45) is -3.31. The van der Waals surface area contributed by atoms with Crippen molar-refractivity contribution < 1.29 is 33.0 Å². The number of aryl methyl sites for hydroxylation is 2. The first kappa shape index (κ1) is 23.4. The smallest absolute Gasteiger partial charge is 0.490 e. The van der Waals surface area contributed by atoms with Crippen molar-refractivity contribution >= 4 is 17.6 Å². The average molecular weight is 436 g/mol. The molecule has 164 valence electrons. The number of carboxylic acids is 1. The van der Waals surface area contributed by atoms with E-state index >= 15 is 0 Å². The molecule has 1 amide bonds. The summed E-state index contributed by atoms with van der Waals surface area (Å²) < 4.78 is 33.7. The van der Waals surface area contributed by atoms with E-state index in [1.807, 2.05) is 30.5 Å². The Hall–Kier alpha value is -3.89. The lowest BCUT2D eigenvalue weighted by atomic mass is 10.2. The Morgan fingerprint density at radius 3 is 2.10 bits per heavy atom. The molecule has 0 atom stereocenters. The number of imidazole rings is 1. The Morgan fingerprint density at radius 2 is 1.61 bits per heavy atom. The SMILES string of the molecule is Cc1ccc(O)c(C(=O)Nc2ccc(-n3cnc(C)c3C)cc2)n1.O=C(O)C(F)(F)F. The van der Waals surface area contributed by atoms with Crippen molar-refractivity contribution in [2.75, 3.05) is 5.32 Å². The molecule has 0 fully saturated rings. The number of alkyl halides is 3. The number of benzene rings is 1. The standard InChI is InChI=1S/C18H18N4O2.C2HF3O2/c1-11-4-9-16(23)17(20-11)18(24)21-14-5-7-15(8-6-14)22-10-19-12(2)13(22)3;3-2(4,5)1(6)7/h4-10,23H,1-3H3,(H,21,24);(H,6,7). The van der Waals surface area contributed by atoms with Gasteiger partial charge in [0.05, 0.1) is 12.0 Å². The van der Waals surface area contributed by atoms with Gasteiger partial charge in [-0.15, -0.1) is 0 Å². The van der Waals surface area contributed by atoms with Gasteiger partial charge in [-0.2, -0.15) is 13.2 Å². The number of pyridine rings is 1. The fourth-order valence-corrected chi connectivity index (χ4v) is 2.37. The second kappa shape index (κ2) is 9.28. The first-order valence-electron chi connectivity index (χ1n) is 8.79. The zero-order chi connectivity index (χ0) is 23.3. The third-order valence-electron chi connectivity index (χ3n) is 4.13. The van der Waals surface area contributed by atoms with Crippen molar-refractivity contribution in [3.8, 4) is 11.4 Å². The van der Waals surface area contributed by atoms with E-state index in [0.717, 1.165) is 17.1 Å². The van der Waals surface area contributed by atoms with Gasteiger partial charge in [-0.1, -0.05) is 0 Å². The highest BCUT2D eigenvalue weighted by Gasteiger charge is 2.38. The number of amides is 1. The molecule has 0 aliphatic heterocycles. The molecule has 0 bridgehead atoms. The van der Waals surface area contributed by atoms with E-state index in [9.17, 15) is 23.1 Å². The predicted octanol–water partition coefficient (Wildman–Crippen LogP) is 3.78. The highest BCUT2D eigenvalue weighted by atomic mass is 19.4. The summed E-state index contributed by atoms with van der Waals surface area (Å²) in [7, 11) is 0. The number of rotatable bonds is 3. The molecule has 3 rings (SSSR count). The Labute approximate surface area is 175 Å². The van der Waals surface area contributed by atoms with E-state index in [2.05, 4.69) is 15.3 Å². The van der Waals surface area contributed by atoms with Crippen LogP contribution in [0.25, 0.3) is 5.69 Å². The second-order valence-electron chi connectivity index (χ2n) is 6.41. The topological polar surface area (TPSA) is 117 Å². The van der Waals surface area contributed by atoms with Gasteiger partial charge in [0.1, 0.15) is 5.75 Å². The summed E-state index contributed by atoms with van der Waals surface area (Å²) in [5.41, 5.74) is 4.32. The second-order valence-corrected chi connectivity index (χ2v) is 6.41. The van der Waals surface area contributed by atoms with Crippen LogP contribution in [0.2, 0.25) is 0 Å². The Bertz CT molecular complexity index is 1090. The number of halogens is 3. The van der Waals surface area contributed by atoms with Crippen molar-refractivity contribution in [1.29, 1.82) is 0 Å². The van der Waals surface area contributed by atoms with Crippen LogP contribution in [-0.4, -0.2) is 42.8 Å². The first-order valence-corrected chi connectivity index (χ1v) is 8.79. The molecule has 3 aromatic rings. The molecule has 1 aromatic carbocycles. The molecule has 0 spiro atoms. The average Bonchev–Trinajstić information content (AvgIpc) is 3.03. The van der Waals surface area contributed by atoms with E-state index in [-0.39, 0.29) is 11.4 Å². The van der Waals surface area contributed by atoms with Crippen LogP contribution >= 0.6 is 0 Å². The van der Waals surface area contributed by atoms with E-state index < -0.39 is 18.1 Å². The van der Waals surface area contributed by atoms with Gasteiger partial charge < -0.3 is 20.1 Å². The number of carbonyl (C=O) groups is 2. The predicted molar refractivity (Wildman–Crippen MR) is 105 cm³/mol. The maximum absolute atomic E-state index is 12.3. The van der Waals surface area contributed by atoms with Crippen LogP contribution in [0.1, 0.15) is 27.6 Å². The third-order valence-corrected chi connectivity index (χ3v) is 4.13. The summed E-state index contributed by atoms with van der Waals surface area (Å²) in [4.78, 5) is 29.5. The lowest BCUT2D eigenvalue weighted by Gasteiger charge is -2.09. The zero-order valence-corrected chi connectivity index (χ0v) is 16.7. The fourth-order valence-electron chi connectivity index (χ4n) is 2.37. The number of nitrogens with one attached hydrogen (secondary N) is 1. The summed E-state index contributed by atoms with van der Waals surface area (Å²) in [5, 5.41) is 19.6. The maximum atomic E-state index is 12.3. The van der Waals surface area contributed by atoms with E-state index in [0.29, 0.717) is 11.4 Å². The summed E-state index contributed by atoms with van der Waals surface area (Å²) in [5.74, 6) is -3.34. The third kappa shape index (κ3) is 6.04. The molecule has 2 heterocycles. The number of hydrogen-bond acceptors (Lipinski definition) is 5. The number of nitrogens with zero attached hydrogens (tertiary/aromatic N) is 3. The normalized spacial score (nSPS) is 10.8. The minimum atomic E-state index is -5.08.